The number of hydrogen-bond acceptors (Lipinski definition) is 0. The van der Waals surface area contributed by atoms with Gasteiger partial charge in [-0.1, -0.05) is 6.92 Å². The summed E-state index contributed by atoms with van der Waals surface area (Å²) in [6, 6.07) is 0. The van der Waals surface area contributed by atoms with E-state index in [4.69, 9.17) is 0 Å². The van der Waals surface area contributed by atoms with Crippen molar-refractivity contribution in [1.29, 1.82) is 0 Å². The first-order valence-corrected chi connectivity index (χ1v) is 3.91. The summed E-state index contributed by atoms with van der Waals surface area (Å²) < 4.78 is 0. The van der Waals surface area contributed by atoms with Gasteiger partial charge < -0.3 is 0 Å². The molecule has 0 saturated carbocycles. The van der Waals surface area contributed by atoms with Crippen molar-refractivity contribution >= 4 is 8.58 Å². The fourth-order valence-electron chi connectivity index (χ4n) is 0.859. The molecule has 2 atom stereocenters. The van der Waals surface area contributed by atoms with Gasteiger partial charge in [0.25, 0.3) is 0 Å². The van der Waals surface area contributed by atoms with Gasteiger partial charge in [0.2, 0.25) is 0 Å². The van der Waals surface area contributed by atoms with Crippen LogP contribution in [-0.4, -0.2) is 11.8 Å². The van der Waals surface area contributed by atoms with Gasteiger partial charge in [0.15, 0.2) is 0 Å². The molecule has 1 heterocycles. The summed E-state index contributed by atoms with van der Waals surface area (Å²) >= 11 is 0. The average Bonchev–Trinajstić information content (AvgIpc) is 1.86. The van der Waals surface area contributed by atoms with Crippen molar-refractivity contribution in [1.82, 2.24) is 0 Å². The Morgan fingerprint density at radius 1 is 1.67 bits per heavy atom. The fraction of sp³-hybridized carbons (Fsp3) is 1.00. The molecule has 0 aromatic rings. The minimum atomic E-state index is 1.07. The molecule has 1 fully saturated rings. The lowest BCUT2D eigenvalue weighted by Gasteiger charge is -1.91. The minimum absolute atomic E-state index is 1.07. The number of hydrogen-bond donors (Lipinski definition) is 0. The topological polar surface area (TPSA) is 0 Å². The predicted octanol–water partition coefficient (Wildman–Crippen LogP) is 1.85. The van der Waals surface area contributed by atoms with Gasteiger partial charge in [0.05, 0.1) is 0 Å². The van der Waals surface area contributed by atoms with Gasteiger partial charge in [-0.25, -0.2) is 0 Å². The van der Waals surface area contributed by atoms with Gasteiger partial charge in [-0.2, -0.15) is 0 Å². The Bertz CT molecular complexity index is 37.2. The largest absolute Gasteiger partial charge is 0.119 e. The standard InChI is InChI=1S/C5H11P/c1-5-3-2-4-6-5/h5-6H,2-4H2,1H3/t5-/m1/s1. The van der Waals surface area contributed by atoms with Crippen molar-refractivity contribution < 1.29 is 0 Å². The molecule has 0 spiro atoms. The summed E-state index contributed by atoms with van der Waals surface area (Å²) in [5.74, 6) is 0. The highest BCUT2D eigenvalue weighted by molar-refractivity contribution is 7.39. The molecule has 0 aromatic carbocycles. The first-order chi connectivity index (χ1) is 2.89. The van der Waals surface area contributed by atoms with Crippen LogP contribution < -0.4 is 0 Å². The molecule has 1 unspecified atom stereocenters. The third kappa shape index (κ3) is 0.944. The molecule has 6 heavy (non-hydrogen) atoms. The van der Waals surface area contributed by atoms with E-state index >= 15 is 0 Å². The lowest BCUT2D eigenvalue weighted by Crippen LogP contribution is -1.80. The van der Waals surface area contributed by atoms with Crippen LogP contribution in [0.3, 0.4) is 0 Å². The maximum absolute atomic E-state index is 2.35. The lowest BCUT2D eigenvalue weighted by molar-refractivity contribution is 0.837. The molecule has 1 aliphatic rings. The van der Waals surface area contributed by atoms with Crippen molar-refractivity contribution in [3.05, 3.63) is 0 Å². The Labute approximate surface area is 41.1 Å². The van der Waals surface area contributed by atoms with Gasteiger partial charge in [-0.3, -0.25) is 0 Å². The molecule has 0 bridgehead atoms. The summed E-state index contributed by atoms with van der Waals surface area (Å²) in [5, 5.41) is 0. The normalized spacial score (nSPS) is 38.5. The van der Waals surface area contributed by atoms with E-state index in [-0.39, 0.29) is 0 Å². The van der Waals surface area contributed by atoms with Crippen LogP contribution in [0.4, 0.5) is 0 Å². The van der Waals surface area contributed by atoms with Gasteiger partial charge in [0.1, 0.15) is 0 Å². The highest BCUT2D eigenvalue weighted by atomic mass is 31.1. The van der Waals surface area contributed by atoms with E-state index in [2.05, 4.69) is 6.92 Å². The van der Waals surface area contributed by atoms with Crippen LogP contribution in [0.2, 0.25) is 0 Å². The Morgan fingerprint density at radius 3 is 2.67 bits per heavy atom. The van der Waals surface area contributed by atoms with E-state index in [0.717, 1.165) is 5.66 Å². The van der Waals surface area contributed by atoms with Crippen LogP contribution in [0.15, 0.2) is 0 Å². The van der Waals surface area contributed by atoms with Gasteiger partial charge >= 0.3 is 0 Å². The van der Waals surface area contributed by atoms with Crippen LogP contribution in [0, 0.1) is 0 Å². The molecule has 0 nitrogen and oxygen atoms in total. The monoisotopic (exact) mass is 102 g/mol. The zero-order valence-electron chi connectivity index (χ0n) is 4.20. The van der Waals surface area contributed by atoms with Crippen molar-refractivity contribution in [2.75, 3.05) is 6.16 Å². The second kappa shape index (κ2) is 1.93. The third-order valence-electron chi connectivity index (χ3n) is 1.31. The molecule has 0 amide bonds. The summed E-state index contributed by atoms with van der Waals surface area (Å²) in [7, 11) is 1.28. The second-order valence-corrected chi connectivity index (χ2v) is 3.89. The summed E-state index contributed by atoms with van der Waals surface area (Å²) in [6.07, 6.45) is 4.51. The predicted molar refractivity (Wildman–Crippen MR) is 31.9 cm³/mol. The quantitative estimate of drug-likeness (QED) is 0.409. The van der Waals surface area contributed by atoms with E-state index in [1.165, 1.54) is 27.6 Å². The molecule has 1 saturated heterocycles. The third-order valence-corrected chi connectivity index (χ3v) is 2.93. The maximum atomic E-state index is 2.35. The molecule has 0 aromatic heterocycles. The van der Waals surface area contributed by atoms with Crippen LogP contribution in [-0.2, 0) is 0 Å². The minimum Gasteiger partial charge on any atom is -0.119 e. The van der Waals surface area contributed by atoms with E-state index in [9.17, 15) is 0 Å². The van der Waals surface area contributed by atoms with E-state index in [1.807, 2.05) is 0 Å². The van der Waals surface area contributed by atoms with Crippen molar-refractivity contribution in [2.45, 2.75) is 25.4 Å². The molecular weight excluding hydrogens is 91.0 g/mol. The van der Waals surface area contributed by atoms with Gasteiger partial charge in [0, 0.05) is 0 Å². The lowest BCUT2D eigenvalue weighted by atomic mass is 10.3. The van der Waals surface area contributed by atoms with Crippen molar-refractivity contribution in [3.8, 4) is 0 Å². The van der Waals surface area contributed by atoms with Crippen LogP contribution >= 0.6 is 8.58 Å². The van der Waals surface area contributed by atoms with E-state index < -0.39 is 0 Å². The Kier molecular flexibility index (Phi) is 1.48. The zero-order valence-corrected chi connectivity index (χ0v) is 5.20. The van der Waals surface area contributed by atoms with Gasteiger partial charge in [-0.05, 0) is 24.7 Å². The highest BCUT2D eigenvalue weighted by Gasteiger charge is 2.06. The average molecular weight is 102 g/mol. The molecule has 0 N–H and O–H groups in total. The summed E-state index contributed by atoms with van der Waals surface area (Å²) in [5.41, 5.74) is 1.07. The molecule has 1 rings (SSSR count). The second-order valence-electron chi connectivity index (χ2n) is 2.00. The molecule has 36 valence electrons. The Hall–Kier alpha value is 0.430. The Balaban J connectivity index is 2.18. The maximum Gasteiger partial charge on any atom is -0.0265 e. The SMILES string of the molecule is C[C@@H]1CCCP1. The van der Waals surface area contributed by atoms with Crippen LogP contribution in [0.5, 0.6) is 0 Å². The molecular formula is C5H11P. The summed E-state index contributed by atoms with van der Waals surface area (Å²) in [6.45, 7) is 2.35. The highest BCUT2D eigenvalue weighted by Crippen LogP contribution is 2.31. The number of rotatable bonds is 0. The molecule has 1 aliphatic heterocycles. The van der Waals surface area contributed by atoms with Crippen molar-refractivity contribution in [2.24, 2.45) is 0 Å². The smallest absolute Gasteiger partial charge is 0.0265 e. The Morgan fingerprint density at radius 2 is 2.50 bits per heavy atom. The van der Waals surface area contributed by atoms with Crippen LogP contribution in [0.25, 0.3) is 0 Å². The zero-order chi connectivity index (χ0) is 4.41. The van der Waals surface area contributed by atoms with Gasteiger partial charge in [-0.15, -0.1) is 8.58 Å². The van der Waals surface area contributed by atoms with E-state index in [1.54, 1.807) is 0 Å². The first kappa shape index (κ1) is 4.59. The fourth-order valence-corrected chi connectivity index (χ4v) is 2.17. The van der Waals surface area contributed by atoms with Crippen LogP contribution in [0.1, 0.15) is 19.8 Å². The first-order valence-electron chi connectivity index (χ1n) is 2.63. The molecule has 0 aliphatic carbocycles. The summed E-state index contributed by atoms with van der Waals surface area (Å²) in [4.78, 5) is 0. The van der Waals surface area contributed by atoms with Crippen molar-refractivity contribution in [3.63, 3.8) is 0 Å². The molecule has 0 radical (unpaired) electrons. The van der Waals surface area contributed by atoms with E-state index in [0.29, 0.717) is 0 Å². The molecule has 1 heteroatoms.